The number of carbonyl (C=O) groups excluding carboxylic acids is 1. The Hall–Kier alpha value is -2.41. The molecule has 7 heteroatoms. The number of ether oxygens (including phenoxy) is 1. The molecule has 4 aliphatic rings. The van der Waals surface area contributed by atoms with Crippen molar-refractivity contribution in [3.63, 3.8) is 0 Å². The van der Waals surface area contributed by atoms with Crippen LogP contribution in [0.1, 0.15) is 81.3 Å². The van der Waals surface area contributed by atoms with Gasteiger partial charge in [0.15, 0.2) is 0 Å². The molecule has 7 unspecified atom stereocenters. The number of nitrogens with one attached hydrogen (secondary N) is 1. The van der Waals surface area contributed by atoms with Crippen LogP contribution < -0.4 is 14.4 Å². The molecule has 0 radical (unpaired) electrons. The van der Waals surface area contributed by atoms with Gasteiger partial charge in [-0.2, -0.15) is 0 Å². The molecule has 2 bridgehead atoms. The lowest BCUT2D eigenvalue weighted by Crippen LogP contribution is -2.52. The van der Waals surface area contributed by atoms with E-state index in [4.69, 9.17) is 16.3 Å². The van der Waals surface area contributed by atoms with E-state index in [1.807, 2.05) is 36.4 Å². The van der Waals surface area contributed by atoms with E-state index in [1.54, 1.807) is 0 Å². The number of hydrogen-bond acceptors (Lipinski definition) is 5. The first-order valence-corrected chi connectivity index (χ1v) is 17.6. The zero-order chi connectivity index (χ0) is 31.4. The number of aryl methyl sites for hydroxylation is 1. The Morgan fingerprint density at radius 1 is 1.18 bits per heavy atom. The lowest BCUT2D eigenvalue weighted by atomic mass is 9.62. The first kappa shape index (κ1) is 33.0. The van der Waals surface area contributed by atoms with E-state index in [2.05, 4.69) is 62.1 Å². The van der Waals surface area contributed by atoms with Crippen LogP contribution in [0, 0.1) is 23.7 Å². The highest BCUT2D eigenvalue weighted by Crippen LogP contribution is 2.48. The number of aliphatic hydroxyl groups excluding tert-OH is 1. The highest BCUT2D eigenvalue weighted by atomic mass is 35.5. The smallest absolute Gasteiger partial charge is 0.261 e. The molecule has 6 rings (SSSR count). The highest BCUT2D eigenvalue weighted by Gasteiger charge is 2.46. The number of halogens is 1. The van der Waals surface area contributed by atoms with Gasteiger partial charge in [0.2, 0.25) is 0 Å². The van der Waals surface area contributed by atoms with Crippen molar-refractivity contribution in [3.05, 3.63) is 82.9 Å². The van der Waals surface area contributed by atoms with E-state index in [1.165, 1.54) is 23.1 Å². The molecule has 44 heavy (non-hydrogen) atoms. The van der Waals surface area contributed by atoms with Crippen molar-refractivity contribution in [2.24, 2.45) is 23.7 Å². The number of anilines is 1. The lowest BCUT2D eigenvalue weighted by Gasteiger charge is -2.49. The number of fused-ring (bicyclic) bond motifs is 4. The molecule has 1 amide bonds. The van der Waals surface area contributed by atoms with E-state index < -0.39 is 6.10 Å². The zero-order valence-electron chi connectivity index (χ0n) is 26.7. The average molecular weight is 637 g/mol. The minimum absolute atomic E-state index is 0.0728. The number of rotatable bonds is 1. The summed E-state index contributed by atoms with van der Waals surface area (Å²) in [5.41, 5.74) is 4.12. The third-order valence-corrected chi connectivity index (χ3v) is 11.7. The van der Waals surface area contributed by atoms with E-state index in [0.29, 0.717) is 29.9 Å². The van der Waals surface area contributed by atoms with Crippen LogP contribution >= 0.6 is 23.5 Å². The second-order valence-corrected chi connectivity index (χ2v) is 15.0. The minimum Gasteiger partial charge on any atom is -0.490 e. The Labute approximate surface area is 273 Å². The minimum atomic E-state index is -0.440. The second kappa shape index (κ2) is 14.3. The molecule has 1 fully saturated rings. The predicted molar refractivity (Wildman–Crippen MR) is 185 cm³/mol. The van der Waals surface area contributed by atoms with Gasteiger partial charge >= 0.3 is 0 Å². The molecular formula is C37H49ClN2O3S. The largest absolute Gasteiger partial charge is 0.490 e. The molecule has 1 saturated carbocycles. The van der Waals surface area contributed by atoms with E-state index >= 15 is 0 Å². The summed E-state index contributed by atoms with van der Waals surface area (Å²) in [4.78, 5) is 15.8. The maximum absolute atomic E-state index is 13.3. The third kappa shape index (κ3) is 7.03. The summed E-state index contributed by atoms with van der Waals surface area (Å²) in [7, 11) is 0. The van der Waals surface area contributed by atoms with Crippen molar-refractivity contribution in [2.75, 3.05) is 24.6 Å². The molecule has 1 spiro atoms. The Morgan fingerprint density at radius 3 is 2.73 bits per heavy atom. The van der Waals surface area contributed by atoms with Crippen molar-refractivity contribution in [1.82, 2.24) is 4.72 Å². The summed E-state index contributed by atoms with van der Waals surface area (Å²) in [5.74, 6) is 2.24. The zero-order valence-corrected chi connectivity index (χ0v) is 28.3. The lowest BCUT2D eigenvalue weighted by molar-refractivity contribution is -0.000379. The Bertz CT molecular complexity index is 1360. The maximum atomic E-state index is 13.3. The summed E-state index contributed by atoms with van der Waals surface area (Å²) in [6.07, 6.45) is 11.7. The number of allylic oxidation sites excluding steroid dienone is 2. The van der Waals surface area contributed by atoms with Gasteiger partial charge in [0.05, 0.1) is 18.4 Å². The van der Waals surface area contributed by atoms with Gasteiger partial charge in [0.25, 0.3) is 5.91 Å². The van der Waals surface area contributed by atoms with Gasteiger partial charge in [0.1, 0.15) is 5.75 Å². The molecule has 0 aromatic heterocycles. The molecular weight excluding hydrogens is 588 g/mol. The van der Waals surface area contributed by atoms with Crippen LogP contribution in [0.25, 0.3) is 0 Å². The van der Waals surface area contributed by atoms with Crippen LogP contribution in [0.3, 0.4) is 0 Å². The summed E-state index contributed by atoms with van der Waals surface area (Å²) in [5, 5.41) is 12.3. The highest BCUT2D eigenvalue weighted by molar-refractivity contribution is 7.98. The number of aliphatic hydroxyl groups is 1. The van der Waals surface area contributed by atoms with Gasteiger partial charge in [-0.25, -0.2) is 0 Å². The number of carbonyl (C=O) groups is 1. The number of nitrogens with zero attached hydrogens (tertiary/aromatic N) is 1. The van der Waals surface area contributed by atoms with E-state index in [-0.39, 0.29) is 22.5 Å². The van der Waals surface area contributed by atoms with E-state index in [0.717, 1.165) is 68.1 Å². The predicted octanol–water partition coefficient (Wildman–Crippen LogP) is 8.39. The molecule has 0 saturated heterocycles. The average Bonchev–Trinajstić information content (AvgIpc) is 3.17. The van der Waals surface area contributed by atoms with Crippen LogP contribution in [0.15, 0.2) is 61.2 Å². The van der Waals surface area contributed by atoms with Crippen molar-refractivity contribution in [3.8, 4) is 5.75 Å². The first-order valence-electron chi connectivity index (χ1n) is 16.4. The van der Waals surface area contributed by atoms with Gasteiger partial charge in [-0.05, 0) is 116 Å². The molecule has 2 aliphatic carbocycles. The summed E-state index contributed by atoms with van der Waals surface area (Å²) < 4.78 is 9.71. The van der Waals surface area contributed by atoms with Gasteiger partial charge < -0.3 is 14.7 Å². The molecule has 2 heterocycles. The first-order chi connectivity index (χ1) is 21.2. The van der Waals surface area contributed by atoms with Crippen molar-refractivity contribution in [2.45, 2.75) is 83.0 Å². The summed E-state index contributed by atoms with van der Waals surface area (Å²) in [6.45, 7) is 14.4. The van der Waals surface area contributed by atoms with E-state index in [9.17, 15) is 9.90 Å². The third-order valence-electron chi connectivity index (χ3n) is 10.4. The Morgan fingerprint density at radius 2 is 1.98 bits per heavy atom. The molecule has 2 aromatic carbocycles. The van der Waals surface area contributed by atoms with Crippen molar-refractivity contribution < 1.29 is 14.6 Å². The van der Waals surface area contributed by atoms with Gasteiger partial charge in [-0.1, -0.05) is 63.6 Å². The fourth-order valence-corrected chi connectivity index (χ4v) is 8.26. The van der Waals surface area contributed by atoms with Crippen LogP contribution in [0.4, 0.5) is 5.69 Å². The Kier molecular flexibility index (Phi) is 10.7. The second-order valence-electron chi connectivity index (χ2n) is 13.4. The monoisotopic (exact) mass is 636 g/mol. The molecule has 2 N–H and O–H groups in total. The molecule has 5 nitrogen and oxygen atoms in total. The quantitative estimate of drug-likeness (QED) is 0.243. The number of hydrogen-bond donors (Lipinski definition) is 2. The molecule has 2 aliphatic heterocycles. The van der Waals surface area contributed by atoms with Gasteiger partial charge in [0, 0.05) is 34.3 Å². The summed E-state index contributed by atoms with van der Waals surface area (Å²) >= 11 is 7.89. The van der Waals surface area contributed by atoms with Gasteiger partial charge in [-0.3, -0.25) is 9.52 Å². The maximum Gasteiger partial charge on any atom is 0.261 e. The fraction of sp³-hybridized carbons (Fsp3) is 0.541. The topological polar surface area (TPSA) is 61.8 Å². The molecule has 238 valence electrons. The van der Waals surface area contributed by atoms with Crippen LogP contribution in [0.5, 0.6) is 5.75 Å². The normalized spacial score (nSPS) is 32.3. The molecule has 7 atom stereocenters. The van der Waals surface area contributed by atoms with Crippen molar-refractivity contribution >= 4 is 35.1 Å². The van der Waals surface area contributed by atoms with Crippen LogP contribution in [-0.2, 0) is 11.8 Å². The van der Waals surface area contributed by atoms with Gasteiger partial charge in [-0.15, -0.1) is 6.58 Å². The number of amides is 1. The molecule has 2 aromatic rings. The standard InChI is InChI=1S/C33H41ClN2O3S.C4H8/c1-20-6-4-8-30(37)26-14-21(2)27(26)17-36-18-33(13-5-7-23-15-25(34)10-11-28(23)33)19-39-31-12-9-24(16-29(31)36)32(38)35-40-22(20)3;1-3-4-2/h4,8-12,15-16,20-22,26-27,30,37H,5-7,13-14,17-19H2,1-3H3,(H,35,38);3H,1,4H2,2H3/b8-4+;. The van der Waals surface area contributed by atoms with Crippen LogP contribution in [-0.4, -0.2) is 42.1 Å². The fourth-order valence-electron chi connectivity index (χ4n) is 7.31. The Balaban J connectivity index is 0.000000906. The van der Waals surface area contributed by atoms with Crippen LogP contribution in [0.2, 0.25) is 5.02 Å². The van der Waals surface area contributed by atoms with Crippen molar-refractivity contribution in [1.29, 1.82) is 0 Å². The summed E-state index contributed by atoms with van der Waals surface area (Å²) in [6, 6.07) is 12.2. The SMILES string of the molecule is C=CCC.CC1C/C=C/C(O)C2CC(C)C2CN2CC3(CCCc4cc(Cl)ccc43)COc3ccc(cc32)C(=O)NSC1C. The number of benzene rings is 2.